The Labute approximate surface area is 108 Å². The van der Waals surface area contributed by atoms with E-state index in [2.05, 4.69) is 33.9 Å². The predicted molar refractivity (Wildman–Crippen MR) is 76.7 cm³/mol. The van der Waals surface area contributed by atoms with Gasteiger partial charge in [0.05, 0.1) is 6.10 Å². The Kier molecular flexibility index (Phi) is 5.82. The highest BCUT2D eigenvalue weighted by Gasteiger charge is 2.40. The monoisotopic (exact) mass is 256 g/mol. The standard InChI is InChI=1S/C14H28O2Si/c1-9-11(2)13(12(3)10-15)16-17(7,8)14(4,5)6/h9-10,12-13H,1-8H3/b11-9+/t12-,13+/m1/s1. The molecular formula is C14H28O2Si. The zero-order valence-corrected chi connectivity index (χ0v) is 13.6. The number of hydrogen-bond donors (Lipinski definition) is 0. The van der Waals surface area contributed by atoms with Crippen molar-refractivity contribution in [3.63, 3.8) is 0 Å². The minimum absolute atomic E-state index is 0.0709. The average Bonchev–Trinajstić information content (AvgIpc) is 2.22. The van der Waals surface area contributed by atoms with Gasteiger partial charge in [0.2, 0.25) is 0 Å². The van der Waals surface area contributed by atoms with Gasteiger partial charge in [-0.3, -0.25) is 0 Å². The highest BCUT2D eigenvalue weighted by Crippen LogP contribution is 2.38. The van der Waals surface area contributed by atoms with Crippen LogP contribution in [0.2, 0.25) is 18.1 Å². The van der Waals surface area contributed by atoms with Gasteiger partial charge in [0, 0.05) is 5.92 Å². The molecule has 0 fully saturated rings. The van der Waals surface area contributed by atoms with Crippen molar-refractivity contribution in [2.45, 2.75) is 65.8 Å². The first-order valence-electron chi connectivity index (χ1n) is 6.32. The SMILES string of the molecule is C/C=C(\C)[C@H](O[Si](C)(C)C(C)(C)C)[C@H](C)C=O. The molecule has 0 saturated heterocycles. The summed E-state index contributed by atoms with van der Waals surface area (Å²) in [4.78, 5) is 11.0. The van der Waals surface area contributed by atoms with E-state index in [-0.39, 0.29) is 17.1 Å². The number of hydrogen-bond acceptors (Lipinski definition) is 2. The van der Waals surface area contributed by atoms with Gasteiger partial charge in [-0.2, -0.15) is 0 Å². The molecule has 0 heterocycles. The largest absolute Gasteiger partial charge is 0.410 e. The fourth-order valence-electron chi connectivity index (χ4n) is 1.34. The summed E-state index contributed by atoms with van der Waals surface area (Å²) in [7, 11) is -1.83. The van der Waals surface area contributed by atoms with Crippen molar-refractivity contribution >= 4 is 14.6 Å². The Hall–Kier alpha value is -0.413. The van der Waals surface area contributed by atoms with E-state index in [1.54, 1.807) is 0 Å². The number of carbonyl (C=O) groups excluding carboxylic acids is 1. The van der Waals surface area contributed by atoms with Gasteiger partial charge >= 0.3 is 0 Å². The maximum atomic E-state index is 11.0. The quantitative estimate of drug-likeness (QED) is 0.419. The number of aldehydes is 1. The second-order valence-electron chi connectivity index (χ2n) is 6.33. The molecule has 3 heteroatoms. The minimum Gasteiger partial charge on any atom is -0.410 e. The maximum Gasteiger partial charge on any atom is 0.192 e. The van der Waals surface area contributed by atoms with Gasteiger partial charge in [0.15, 0.2) is 8.32 Å². The normalized spacial score (nSPS) is 17.8. The molecule has 0 aliphatic rings. The summed E-state index contributed by atoms with van der Waals surface area (Å²) in [5.74, 6) is -0.0830. The van der Waals surface area contributed by atoms with Gasteiger partial charge in [-0.1, -0.05) is 33.8 Å². The van der Waals surface area contributed by atoms with Crippen LogP contribution in [0.25, 0.3) is 0 Å². The van der Waals surface area contributed by atoms with Gasteiger partial charge in [-0.15, -0.1) is 0 Å². The smallest absolute Gasteiger partial charge is 0.192 e. The Bertz CT molecular complexity index is 287. The summed E-state index contributed by atoms with van der Waals surface area (Å²) < 4.78 is 6.35. The first-order chi connectivity index (χ1) is 7.56. The molecule has 0 aliphatic carbocycles. The van der Waals surface area contributed by atoms with Crippen LogP contribution in [-0.4, -0.2) is 20.7 Å². The fraction of sp³-hybridized carbons (Fsp3) is 0.786. The molecule has 0 N–H and O–H groups in total. The summed E-state index contributed by atoms with van der Waals surface area (Å²) in [6.45, 7) is 17.1. The van der Waals surface area contributed by atoms with E-state index in [1.165, 1.54) is 0 Å². The van der Waals surface area contributed by atoms with Gasteiger partial charge in [-0.05, 0) is 37.6 Å². The Morgan fingerprint density at radius 2 is 1.76 bits per heavy atom. The van der Waals surface area contributed by atoms with E-state index in [0.29, 0.717) is 0 Å². The minimum atomic E-state index is -1.83. The first-order valence-corrected chi connectivity index (χ1v) is 9.23. The van der Waals surface area contributed by atoms with Crippen molar-refractivity contribution in [2.75, 3.05) is 0 Å². The van der Waals surface area contributed by atoms with Gasteiger partial charge < -0.3 is 9.22 Å². The Morgan fingerprint density at radius 3 is 2.06 bits per heavy atom. The van der Waals surface area contributed by atoms with Crippen molar-refractivity contribution in [3.8, 4) is 0 Å². The number of carbonyl (C=O) groups is 1. The molecule has 0 amide bonds. The third-order valence-corrected chi connectivity index (χ3v) is 8.28. The molecule has 0 rings (SSSR count). The summed E-state index contributed by atoms with van der Waals surface area (Å²) in [5, 5.41) is 0.169. The third-order valence-electron chi connectivity index (χ3n) is 3.82. The lowest BCUT2D eigenvalue weighted by atomic mass is 10.00. The van der Waals surface area contributed by atoms with E-state index < -0.39 is 8.32 Å². The zero-order chi connectivity index (χ0) is 13.9. The number of rotatable bonds is 5. The fourth-order valence-corrected chi connectivity index (χ4v) is 2.73. The van der Waals surface area contributed by atoms with E-state index in [0.717, 1.165) is 11.9 Å². The summed E-state index contributed by atoms with van der Waals surface area (Å²) in [5.41, 5.74) is 1.15. The molecule has 0 aliphatic heterocycles. The van der Waals surface area contributed by atoms with Crippen molar-refractivity contribution < 1.29 is 9.22 Å². The highest BCUT2D eigenvalue weighted by molar-refractivity contribution is 6.74. The van der Waals surface area contributed by atoms with E-state index in [1.807, 2.05) is 26.8 Å². The van der Waals surface area contributed by atoms with Crippen LogP contribution in [0.4, 0.5) is 0 Å². The van der Waals surface area contributed by atoms with E-state index in [9.17, 15) is 4.79 Å². The van der Waals surface area contributed by atoms with Crippen LogP contribution in [0.15, 0.2) is 11.6 Å². The zero-order valence-electron chi connectivity index (χ0n) is 12.6. The second kappa shape index (κ2) is 5.96. The Morgan fingerprint density at radius 1 is 1.29 bits per heavy atom. The highest BCUT2D eigenvalue weighted by atomic mass is 28.4. The van der Waals surface area contributed by atoms with Gasteiger partial charge in [-0.25, -0.2) is 0 Å². The lowest BCUT2D eigenvalue weighted by Crippen LogP contribution is -2.46. The van der Waals surface area contributed by atoms with Crippen LogP contribution in [0, 0.1) is 5.92 Å². The molecule has 0 saturated carbocycles. The molecule has 0 aromatic carbocycles. The van der Waals surface area contributed by atoms with Crippen LogP contribution >= 0.6 is 0 Å². The van der Waals surface area contributed by atoms with Crippen molar-refractivity contribution in [1.82, 2.24) is 0 Å². The maximum absolute atomic E-state index is 11.0. The van der Waals surface area contributed by atoms with Crippen LogP contribution in [-0.2, 0) is 9.22 Å². The summed E-state index contributed by atoms with van der Waals surface area (Å²) in [6.07, 6.45) is 2.96. The lowest BCUT2D eigenvalue weighted by Gasteiger charge is -2.40. The molecule has 0 unspecified atom stereocenters. The molecule has 2 nitrogen and oxygen atoms in total. The first kappa shape index (κ1) is 16.6. The van der Waals surface area contributed by atoms with E-state index in [4.69, 9.17) is 4.43 Å². The van der Waals surface area contributed by atoms with Gasteiger partial charge in [0.25, 0.3) is 0 Å². The molecular weight excluding hydrogens is 228 g/mol. The summed E-state index contributed by atoms with van der Waals surface area (Å²) in [6, 6.07) is 0. The van der Waals surface area contributed by atoms with Crippen molar-refractivity contribution in [1.29, 1.82) is 0 Å². The average molecular weight is 256 g/mol. The molecule has 0 aromatic rings. The van der Waals surface area contributed by atoms with E-state index >= 15 is 0 Å². The van der Waals surface area contributed by atoms with Crippen molar-refractivity contribution in [3.05, 3.63) is 11.6 Å². The predicted octanol–water partition coefficient (Wildman–Crippen LogP) is 4.18. The van der Waals surface area contributed by atoms with Crippen molar-refractivity contribution in [2.24, 2.45) is 5.92 Å². The van der Waals surface area contributed by atoms with Crippen LogP contribution in [0.3, 0.4) is 0 Å². The number of allylic oxidation sites excluding steroid dienone is 1. The topological polar surface area (TPSA) is 26.3 Å². The molecule has 0 aromatic heterocycles. The third kappa shape index (κ3) is 4.40. The van der Waals surface area contributed by atoms with Gasteiger partial charge in [0.1, 0.15) is 6.29 Å². The molecule has 0 spiro atoms. The molecule has 0 bridgehead atoms. The molecule has 0 radical (unpaired) electrons. The summed E-state index contributed by atoms with van der Waals surface area (Å²) >= 11 is 0. The molecule has 100 valence electrons. The lowest BCUT2D eigenvalue weighted by molar-refractivity contribution is -0.112. The van der Waals surface area contributed by atoms with Crippen LogP contribution in [0.1, 0.15) is 41.5 Å². The van der Waals surface area contributed by atoms with Crippen LogP contribution in [0.5, 0.6) is 0 Å². The molecule has 2 atom stereocenters. The Balaban J connectivity index is 5.07. The van der Waals surface area contributed by atoms with Crippen LogP contribution < -0.4 is 0 Å². The second-order valence-corrected chi connectivity index (χ2v) is 11.1. The molecule has 17 heavy (non-hydrogen) atoms.